The third kappa shape index (κ3) is 5.23. The number of rotatable bonds is 8. The van der Waals surface area contributed by atoms with Gasteiger partial charge in [-0.25, -0.2) is 4.79 Å². The van der Waals surface area contributed by atoms with E-state index in [0.29, 0.717) is 36.0 Å². The second kappa shape index (κ2) is 10.1. The van der Waals surface area contributed by atoms with Crippen molar-refractivity contribution in [3.63, 3.8) is 0 Å². The van der Waals surface area contributed by atoms with E-state index in [9.17, 15) is 9.59 Å². The van der Waals surface area contributed by atoms with E-state index in [0.717, 1.165) is 17.5 Å². The Balaban J connectivity index is 2.19. The smallest absolute Gasteiger partial charge is 0.346 e. The zero-order valence-corrected chi connectivity index (χ0v) is 19.7. The zero-order chi connectivity index (χ0) is 23.4. The van der Waals surface area contributed by atoms with Crippen molar-refractivity contribution in [3.05, 3.63) is 46.5 Å². The summed E-state index contributed by atoms with van der Waals surface area (Å²) in [6.45, 7) is 10.6. The fourth-order valence-electron chi connectivity index (χ4n) is 3.57. The Morgan fingerprint density at radius 3 is 2.53 bits per heavy atom. The average Bonchev–Trinajstić information content (AvgIpc) is 2.71. The minimum absolute atomic E-state index is 0.0617. The second-order valence-electron chi connectivity index (χ2n) is 9.00. The average molecular weight is 441 g/mol. The lowest BCUT2D eigenvalue weighted by Gasteiger charge is -2.24. The van der Waals surface area contributed by atoms with E-state index < -0.39 is 5.97 Å². The first kappa shape index (κ1) is 23.6. The first-order valence-electron chi connectivity index (χ1n) is 11.1. The van der Waals surface area contributed by atoms with Gasteiger partial charge in [0.25, 0.3) is 0 Å². The van der Waals surface area contributed by atoms with Gasteiger partial charge in [-0.3, -0.25) is 4.79 Å². The number of methoxy groups -OCH3 is 1. The molecule has 3 rings (SSSR count). The molecule has 1 heterocycles. The van der Waals surface area contributed by atoms with Gasteiger partial charge in [-0.05, 0) is 43.4 Å². The summed E-state index contributed by atoms with van der Waals surface area (Å²) in [7, 11) is 1.43. The highest BCUT2D eigenvalue weighted by molar-refractivity contribution is 6.06. The normalized spacial score (nSPS) is 12.9. The molecule has 0 saturated carbocycles. The van der Waals surface area contributed by atoms with Crippen molar-refractivity contribution in [2.75, 3.05) is 13.7 Å². The fourth-order valence-corrected chi connectivity index (χ4v) is 3.57. The highest BCUT2D eigenvalue weighted by Crippen LogP contribution is 2.45. The van der Waals surface area contributed by atoms with Crippen molar-refractivity contribution in [2.24, 2.45) is 11.8 Å². The van der Waals surface area contributed by atoms with Crippen LogP contribution in [0.5, 0.6) is 23.0 Å². The number of ketones is 1. The van der Waals surface area contributed by atoms with Crippen molar-refractivity contribution in [1.82, 2.24) is 0 Å². The van der Waals surface area contributed by atoms with Crippen LogP contribution in [-0.4, -0.2) is 25.5 Å². The molecule has 2 aromatic carbocycles. The Morgan fingerprint density at radius 2 is 1.88 bits per heavy atom. The van der Waals surface area contributed by atoms with Crippen LogP contribution in [0.3, 0.4) is 0 Å². The maximum atomic E-state index is 13.1. The molecular formula is C26H32O6. The quantitative estimate of drug-likeness (QED) is 0.364. The molecule has 0 saturated heterocycles. The van der Waals surface area contributed by atoms with Crippen molar-refractivity contribution >= 4 is 11.8 Å². The Morgan fingerprint density at radius 1 is 1.12 bits per heavy atom. The van der Waals surface area contributed by atoms with Crippen molar-refractivity contribution in [1.29, 1.82) is 0 Å². The van der Waals surface area contributed by atoms with Gasteiger partial charge in [0.1, 0.15) is 23.7 Å². The van der Waals surface area contributed by atoms with E-state index >= 15 is 0 Å². The molecule has 32 heavy (non-hydrogen) atoms. The number of hydrogen-bond donors (Lipinski definition) is 0. The molecule has 0 aliphatic carbocycles. The molecule has 0 radical (unpaired) electrons. The molecule has 0 amide bonds. The maximum absolute atomic E-state index is 13.1. The number of benzene rings is 2. The molecule has 0 fully saturated rings. The van der Waals surface area contributed by atoms with Crippen LogP contribution in [0, 0.1) is 18.8 Å². The topological polar surface area (TPSA) is 71.1 Å². The molecule has 0 unspecified atom stereocenters. The molecule has 0 atom stereocenters. The molecule has 2 aromatic rings. The molecule has 0 N–H and O–H groups in total. The van der Waals surface area contributed by atoms with Crippen LogP contribution in [0.1, 0.15) is 72.4 Å². The molecule has 0 aromatic heterocycles. The van der Waals surface area contributed by atoms with Crippen LogP contribution in [0.4, 0.5) is 0 Å². The molecule has 1 aliphatic heterocycles. The van der Waals surface area contributed by atoms with E-state index in [-0.39, 0.29) is 35.4 Å². The van der Waals surface area contributed by atoms with Crippen LogP contribution in [-0.2, 0) is 11.3 Å². The number of aryl methyl sites for hydroxylation is 1. The number of hydrogen-bond acceptors (Lipinski definition) is 6. The van der Waals surface area contributed by atoms with E-state index in [4.69, 9.17) is 18.9 Å². The van der Waals surface area contributed by atoms with Gasteiger partial charge in [-0.15, -0.1) is 0 Å². The first-order valence-corrected chi connectivity index (χ1v) is 11.1. The summed E-state index contributed by atoms with van der Waals surface area (Å²) in [6, 6.07) is 7.32. The van der Waals surface area contributed by atoms with Crippen molar-refractivity contribution in [2.45, 2.75) is 54.1 Å². The number of Topliss-reactive ketones (excluding diaryl/α,β-unsaturated/α-hetero) is 1. The van der Waals surface area contributed by atoms with Crippen LogP contribution in [0.15, 0.2) is 24.3 Å². The Kier molecular flexibility index (Phi) is 7.44. The summed E-state index contributed by atoms with van der Waals surface area (Å²) >= 11 is 0. The summed E-state index contributed by atoms with van der Waals surface area (Å²) in [5, 5.41) is 0. The monoisotopic (exact) mass is 440 g/mol. The van der Waals surface area contributed by atoms with Crippen molar-refractivity contribution < 1.29 is 28.5 Å². The van der Waals surface area contributed by atoms with Crippen molar-refractivity contribution in [3.8, 4) is 23.0 Å². The van der Waals surface area contributed by atoms with E-state index in [1.807, 2.05) is 39.0 Å². The van der Waals surface area contributed by atoms with Crippen LogP contribution in [0.2, 0.25) is 0 Å². The van der Waals surface area contributed by atoms with Crippen LogP contribution < -0.4 is 14.2 Å². The summed E-state index contributed by atoms with van der Waals surface area (Å²) in [5.74, 6) is 1.12. The van der Waals surface area contributed by atoms with Crippen LogP contribution in [0.25, 0.3) is 0 Å². The number of cyclic esters (lactones) is 1. The Labute approximate surface area is 189 Å². The van der Waals surface area contributed by atoms with Gasteiger partial charge in [0, 0.05) is 12.0 Å². The van der Waals surface area contributed by atoms with E-state index in [1.165, 1.54) is 7.11 Å². The molecular weight excluding hydrogens is 408 g/mol. The number of ether oxygens (including phenoxy) is 4. The van der Waals surface area contributed by atoms with Gasteiger partial charge >= 0.3 is 5.97 Å². The number of esters is 1. The standard InChI is InChI=1S/C26H32O6/c1-15(2)9-10-30-22-13-19(20(27)11-16(3)4)24(29-6)23-25(22)32-21-8-7-17(5)12-18(21)14-31-26(23)28/h7-8,12-13,15-16H,9-11,14H2,1-6H3. The second-order valence-corrected chi connectivity index (χ2v) is 9.00. The highest BCUT2D eigenvalue weighted by Gasteiger charge is 2.32. The van der Waals surface area contributed by atoms with Crippen LogP contribution >= 0.6 is 0 Å². The predicted octanol–water partition coefficient (Wildman–Crippen LogP) is 6.12. The molecule has 6 nitrogen and oxygen atoms in total. The van der Waals surface area contributed by atoms with E-state index in [2.05, 4.69) is 13.8 Å². The molecule has 0 spiro atoms. The first-order chi connectivity index (χ1) is 15.2. The van der Waals surface area contributed by atoms with Gasteiger partial charge in [0.05, 0.1) is 19.3 Å². The zero-order valence-electron chi connectivity index (χ0n) is 19.7. The Hall–Kier alpha value is -3.02. The lowest BCUT2D eigenvalue weighted by Crippen LogP contribution is -2.17. The SMILES string of the molecule is COc1c(C(=O)CC(C)C)cc(OCCC(C)C)c2c1C(=O)OCc1cc(C)ccc1O2. The lowest BCUT2D eigenvalue weighted by atomic mass is 9.97. The summed E-state index contributed by atoms with van der Waals surface area (Å²) in [4.78, 5) is 26.1. The molecule has 0 bridgehead atoms. The third-order valence-electron chi connectivity index (χ3n) is 5.24. The predicted molar refractivity (Wildman–Crippen MR) is 122 cm³/mol. The van der Waals surface area contributed by atoms with Gasteiger partial charge in [-0.2, -0.15) is 0 Å². The lowest BCUT2D eigenvalue weighted by molar-refractivity contribution is 0.0454. The highest BCUT2D eigenvalue weighted by atomic mass is 16.6. The maximum Gasteiger partial charge on any atom is 0.346 e. The van der Waals surface area contributed by atoms with Gasteiger partial charge in [0.2, 0.25) is 0 Å². The molecule has 6 heteroatoms. The van der Waals surface area contributed by atoms with Gasteiger partial charge in [-0.1, -0.05) is 39.3 Å². The van der Waals surface area contributed by atoms with Gasteiger partial charge < -0.3 is 18.9 Å². The number of carbonyl (C=O) groups excluding carboxylic acids is 2. The minimum atomic E-state index is -0.614. The molecule has 172 valence electrons. The Bertz CT molecular complexity index is 1010. The number of carbonyl (C=O) groups is 2. The summed E-state index contributed by atoms with van der Waals surface area (Å²) in [5.41, 5.74) is 2.17. The summed E-state index contributed by atoms with van der Waals surface area (Å²) in [6.07, 6.45) is 1.13. The summed E-state index contributed by atoms with van der Waals surface area (Å²) < 4.78 is 23.4. The minimum Gasteiger partial charge on any atom is -0.495 e. The van der Waals surface area contributed by atoms with Gasteiger partial charge in [0.15, 0.2) is 17.3 Å². The third-order valence-corrected chi connectivity index (χ3v) is 5.24. The largest absolute Gasteiger partial charge is 0.495 e. The van der Waals surface area contributed by atoms with E-state index in [1.54, 1.807) is 6.07 Å². The fraction of sp³-hybridized carbons (Fsp3) is 0.462. The number of fused-ring (bicyclic) bond motifs is 2. The molecule has 1 aliphatic rings.